The molecule has 1 aliphatic carbocycles. The molecule has 0 spiro atoms. The van der Waals surface area contributed by atoms with E-state index in [4.69, 9.17) is 16.3 Å². The molecule has 0 bridgehead atoms. The zero-order valence-corrected chi connectivity index (χ0v) is 8.56. The molecule has 0 aliphatic heterocycles. The molecule has 14 heavy (non-hydrogen) atoms. The first-order chi connectivity index (χ1) is 6.78. The first-order valence-corrected chi connectivity index (χ1v) is 5.29. The highest BCUT2D eigenvalue weighted by Crippen LogP contribution is 2.30. The maximum atomic E-state index is 13.0. The van der Waals surface area contributed by atoms with E-state index in [0.29, 0.717) is 24.2 Å². The van der Waals surface area contributed by atoms with Crippen molar-refractivity contribution in [3.8, 4) is 5.75 Å². The second kappa shape index (κ2) is 4.18. The van der Waals surface area contributed by atoms with Gasteiger partial charge in [0.25, 0.3) is 0 Å². The van der Waals surface area contributed by atoms with Crippen molar-refractivity contribution in [2.45, 2.75) is 18.7 Å². The average Bonchev–Trinajstić information content (AvgIpc) is 2.97. The Morgan fingerprint density at radius 1 is 1.36 bits per heavy atom. The lowest BCUT2D eigenvalue weighted by Crippen LogP contribution is -1.99. The zero-order valence-electron chi connectivity index (χ0n) is 7.80. The van der Waals surface area contributed by atoms with Crippen LogP contribution in [-0.2, 0) is 5.88 Å². The molecule has 1 aliphatic rings. The summed E-state index contributed by atoms with van der Waals surface area (Å²) in [5.41, 5.74) is 0.762. The van der Waals surface area contributed by atoms with Gasteiger partial charge in [-0.05, 0) is 36.5 Å². The molecule has 0 aromatic heterocycles. The van der Waals surface area contributed by atoms with Crippen LogP contribution in [0.2, 0.25) is 0 Å². The Bertz CT molecular complexity index is 323. The van der Waals surface area contributed by atoms with Gasteiger partial charge in [0.05, 0.1) is 6.61 Å². The van der Waals surface area contributed by atoms with Crippen LogP contribution in [0.3, 0.4) is 0 Å². The summed E-state index contributed by atoms with van der Waals surface area (Å²) in [7, 11) is 0. The molecule has 0 atom stereocenters. The van der Waals surface area contributed by atoms with Gasteiger partial charge in [0.1, 0.15) is 11.6 Å². The highest BCUT2D eigenvalue weighted by Gasteiger charge is 2.21. The predicted octanol–water partition coefficient (Wildman–Crippen LogP) is 3.35. The van der Waals surface area contributed by atoms with Gasteiger partial charge in [-0.15, -0.1) is 11.6 Å². The molecule has 0 N–H and O–H groups in total. The van der Waals surface area contributed by atoms with Crippen LogP contribution in [0, 0.1) is 11.7 Å². The minimum atomic E-state index is -0.283. The summed E-state index contributed by atoms with van der Waals surface area (Å²) < 4.78 is 18.5. The quantitative estimate of drug-likeness (QED) is 0.699. The number of halogens is 2. The monoisotopic (exact) mass is 214 g/mol. The first kappa shape index (κ1) is 9.78. The van der Waals surface area contributed by atoms with E-state index in [0.717, 1.165) is 5.56 Å². The van der Waals surface area contributed by atoms with Gasteiger partial charge in [-0.3, -0.25) is 0 Å². The Hall–Kier alpha value is -0.760. The van der Waals surface area contributed by atoms with Crippen molar-refractivity contribution in [1.29, 1.82) is 0 Å². The van der Waals surface area contributed by atoms with E-state index in [9.17, 15) is 4.39 Å². The highest BCUT2D eigenvalue weighted by atomic mass is 35.5. The Morgan fingerprint density at radius 3 is 2.79 bits per heavy atom. The van der Waals surface area contributed by atoms with Crippen LogP contribution in [0.4, 0.5) is 4.39 Å². The molecule has 1 saturated carbocycles. The molecule has 0 amide bonds. The Balaban J connectivity index is 2.03. The molecule has 2 rings (SSSR count). The first-order valence-electron chi connectivity index (χ1n) is 4.76. The second-order valence-corrected chi connectivity index (χ2v) is 3.95. The Kier molecular flexibility index (Phi) is 2.92. The number of alkyl halides is 1. The summed E-state index contributed by atoms with van der Waals surface area (Å²) >= 11 is 5.62. The molecular weight excluding hydrogens is 203 g/mol. The van der Waals surface area contributed by atoms with Crippen molar-refractivity contribution in [2.24, 2.45) is 5.92 Å². The summed E-state index contributed by atoms with van der Waals surface area (Å²) in [5, 5.41) is 0. The summed E-state index contributed by atoms with van der Waals surface area (Å²) in [6.07, 6.45) is 2.47. The lowest BCUT2D eigenvalue weighted by molar-refractivity contribution is 0.298. The lowest BCUT2D eigenvalue weighted by atomic mass is 10.2. The number of rotatable bonds is 4. The van der Waals surface area contributed by atoms with E-state index in [1.54, 1.807) is 6.07 Å². The standard InChI is InChI=1S/C11H12ClFO/c12-6-9-3-10(13)5-11(4-9)14-7-8-1-2-8/h3-5,8H,1-2,6-7H2. The summed E-state index contributed by atoms with van der Waals surface area (Å²) in [4.78, 5) is 0. The molecule has 0 heterocycles. The zero-order chi connectivity index (χ0) is 9.97. The van der Waals surface area contributed by atoms with Gasteiger partial charge in [0, 0.05) is 11.9 Å². The van der Waals surface area contributed by atoms with Gasteiger partial charge in [-0.25, -0.2) is 4.39 Å². The van der Waals surface area contributed by atoms with E-state index in [2.05, 4.69) is 0 Å². The summed E-state index contributed by atoms with van der Waals surface area (Å²) in [5.74, 6) is 1.30. The van der Waals surface area contributed by atoms with Gasteiger partial charge < -0.3 is 4.74 Å². The molecule has 1 fully saturated rings. The maximum Gasteiger partial charge on any atom is 0.127 e. The van der Waals surface area contributed by atoms with E-state index >= 15 is 0 Å². The van der Waals surface area contributed by atoms with Crippen molar-refractivity contribution in [3.63, 3.8) is 0 Å². The number of hydrogen-bond acceptors (Lipinski definition) is 1. The van der Waals surface area contributed by atoms with Crippen molar-refractivity contribution < 1.29 is 9.13 Å². The van der Waals surface area contributed by atoms with Crippen LogP contribution in [-0.4, -0.2) is 6.61 Å². The van der Waals surface area contributed by atoms with Gasteiger partial charge in [-0.2, -0.15) is 0 Å². The normalized spacial score (nSPS) is 15.6. The van der Waals surface area contributed by atoms with Crippen LogP contribution in [0.15, 0.2) is 18.2 Å². The molecule has 1 aromatic carbocycles. The van der Waals surface area contributed by atoms with E-state index < -0.39 is 0 Å². The largest absolute Gasteiger partial charge is 0.493 e. The van der Waals surface area contributed by atoms with Gasteiger partial charge in [0.15, 0.2) is 0 Å². The van der Waals surface area contributed by atoms with E-state index in [1.807, 2.05) is 0 Å². The van der Waals surface area contributed by atoms with E-state index in [1.165, 1.54) is 25.0 Å². The highest BCUT2D eigenvalue weighted by molar-refractivity contribution is 6.17. The summed E-state index contributed by atoms with van der Waals surface area (Å²) in [6.45, 7) is 0.700. The van der Waals surface area contributed by atoms with Gasteiger partial charge in [0.2, 0.25) is 0 Å². The average molecular weight is 215 g/mol. The maximum absolute atomic E-state index is 13.0. The second-order valence-electron chi connectivity index (χ2n) is 3.68. The number of hydrogen-bond donors (Lipinski definition) is 0. The minimum absolute atomic E-state index is 0.283. The SMILES string of the molecule is Fc1cc(CCl)cc(OCC2CC2)c1. The Morgan fingerprint density at radius 2 is 2.14 bits per heavy atom. The van der Waals surface area contributed by atoms with Gasteiger partial charge in [-0.1, -0.05) is 0 Å². The van der Waals surface area contributed by atoms with Crippen LogP contribution >= 0.6 is 11.6 Å². The fraction of sp³-hybridized carbons (Fsp3) is 0.455. The molecule has 1 nitrogen and oxygen atoms in total. The molecule has 3 heteroatoms. The molecule has 0 saturated heterocycles. The van der Waals surface area contributed by atoms with Crippen molar-refractivity contribution in [1.82, 2.24) is 0 Å². The number of benzene rings is 1. The van der Waals surface area contributed by atoms with E-state index in [-0.39, 0.29) is 5.82 Å². The third kappa shape index (κ3) is 2.61. The van der Waals surface area contributed by atoms with Crippen LogP contribution in [0.25, 0.3) is 0 Å². The molecule has 76 valence electrons. The molecular formula is C11H12ClFO. The smallest absolute Gasteiger partial charge is 0.127 e. The Labute approximate surface area is 87.8 Å². The van der Waals surface area contributed by atoms with Crippen molar-refractivity contribution >= 4 is 11.6 Å². The molecule has 0 unspecified atom stereocenters. The van der Waals surface area contributed by atoms with Crippen LogP contribution in [0.1, 0.15) is 18.4 Å². The van der Waals surface area contributed by atoms with Crippen molar-refractivity contribution in [2.75, 3.05) is 6.61 Å². The summed E-state index contributed by atoms with van der Waals surface area (Å²) in [6, 6.07) is 4.62. The number of ether oxygens (including phenoxy) is 1. The lowest BCUT2D eigenvalue weighted by Gasteiger charge is -2.06. The van der Waals surface area contributed by atoms with Gasteiger partial charge >= 0.3 is 0 Å². The molecule has 1 aromatic rings. The third-order valence-electron chi connectivity index (χ3n) is 2.27. The predicted molar refractivity (Wildman–Crippen MR) is 54.2 cm³/mol. The van der Waals surface area contributed by atoms with Crippen LogP contribution in [0.5, 0.6) is 5.75 Å². The van der Waals surface area contributed by atoms with Crippen molar-refractivity contribution in [3.05, 3.63) is 29.6 Å². The third-order valence-corrected chi connectivity index (χ3v) is 2.58. The van der Waals surface area contributed by atoms with Crippen LogP contribution < -0.4 is 4.74 Å². The minimum Gasteiger partial charge on any atom is -0.493 e. The fourth-order valence-corrected chi connectivity index (χ4v) is 1.43. The fourth-order valence-electron chi connectivity index (χ4n) is 1.28. The molecule has 0 radical (unpaired) electrons. The topological polar surface area (TPSA) is 9.23 Å².